The van der Waals surface area contributed by atoms with E-state index in [-0.39, 0.29) is 6.42 Å². The van der Waals surface area contributed by atoms with Crippen LogP contribution < -0.4 is 14.8 Å². The van der Waals surface area contributed by atoms with Crippen LogP contribution in [-0.4, -0.2) is 11.1 Å². The van der Waals surface area contributed by atoms with E-state index in [1.54, 1.807) is 0 Å². The molecule has 0 unspecified atom stereocenters. The predicted octanol–water partition coefficient (Wildman–Crippen LogP) is 6.36. The Morgan fingerprint density at radius 1 is 0.657 bits per heavy atom. The Morgan fingerprint density at radius 3 is 2.06 bits per heavy atom. The molecule has 5 heteroatoms. The Kier molecular flexibility index (Phi) is 8.52. The molecule has 0 spiro atoms. The van der Waals surface area contributed by atoms with E-state index in [4.69, 9.17) is 14.6 Å². The molecule has 0 amide bonds. The first-order valence-electron chi connectivity index (χ1n) is 11.7. The molecule has 0 bridgehead atoms. The van der Waals surface area contributed by atoms with Crippen molar-refractivity contribution in [1.82, 2.24) is 5.32 Å². The number of para-hydroxylation sites is 1. The smallest absolute Gasteiger partial charge is 0.303 e. The van der Waals surface area contributed by atoms with Gasteiger partial charge in [-0.1, -0.05) is 66.7 Å². The first-order chi connectivity index (χ1) is 17.1. The van der Waals surface area contributed by atoms with E-state index < -0.39 is 5.97 Å². The second-order valence-corrected chi connectivity index (χ2v) is 8.31. The van der Waals surface area contributed by atoms with Crippen LogP contribution in [0, 0.1) is 0 Å². The standard InChI is InChI=1S/C30H29NO4/c32-30(33)18-15-23-13-16-27(17-14-23)34-22-25-11-9-24(10-12-25)20-31-21-26-5-4-8-29(19-26)35-28-6-2-1-3-7-28/h1-14,16-17,19,31H,15,18,20-22H2,(H,32,33). The fourth-order valence-corrected chi connectivity index (χ4v) is 3.62. The monoisotopic (exact) mass is 467 g/mol. The molecule has 0 saturated heterocycles. The van der Waals surface area contributed by atoms with E-state index in [9.17, 15) is 4.79 Å². The van der Waals surface area contributed by atoms with Gasteiger partial charge in [0.15, 0.2) is 0 Å². The van der Waals surface area contributed by atoms with Crippen molar-refractivity contribution in [2.45, 2.75) is 32.5 Å². The summed E-state index contributed by atoms with van der Waals surface area (Å²) in [5.74, 6) is 1.64. The zero-order chi connectivity index (χ0) is 24.3. The summed E-state index contributed by atoms with van der Waals surface area (Å²) in [6.45, 7) is 2.00. The molecule has 5 nitrogen and oxygen atoms in total. The highest BCUT2D eigenvalue weighted by molar-refractivity contribution is 5.67. The van der Waals surface area contributed by atoms with Crippen molar-refractivity contribution < 1.29 is 19.4 Å². The van der Waals surface area contributed by atoms with Crippen LogP contribution in [0.5, 0.6) is 17.2 Å². The summed E-state index contributed by atoms with van der Waals surface area (Å²) in [7, 11) is 0. The van der Waals surface area contributed by atoms with Gasteiger partial charge in [0.05, 0.1) is 0 Å². The van der Waals surface area contributed by atoms with Gasteiger partial charge in [0, 0.05) is 19.5 Å². The number of rotatable bonds is 12. The Hall–Kier alpha value is -4.09. The number of aliphatic carboxylic acids is 1. The van der Waals surface area contributed by atoms with Gasteiger partial charge in [-0.25, -0.2) is 0 Å². The summed E-state index contributed by atoms with van der Waals surface area (Å²) in [4.78, 5) is 10.7. The third-order valence-corrected chi connectivity index (χ3v) is 5.51. The van der Waals surface area contributed by atoms with Crippen LogP contribution in [0.2, 0.25) is 0 Å². The van der Waals surface area contributed by atoms with Crippen LogP contribution in [0.4, 0.5) is 0 Å². The van der Waals surface area contributed by atoms with Crippen molar-refractivity contribution in [1.29, 1.82) is 0 Å². The average molecular weight is 468 g/mol. The number of carboxylic acids is 1. The molecule has 0 aliphatic rings. The summed E-state index contributed by atoms with van der Waals surface area (Å²) >= 11 is 0. The minimum atomic E-state index is -0.786. The van der Waals surface area contributed by atoms with E-state index >= 15 is 0 Å². The van der Waals surface area contributed by atoms with Crippen molar-refractivity contribution in [3.8, 4) is 17.2 Å². The zero-order valence-electron chi connectivity index (χ0n) is 19.5. The molecule has 0 fully saturated rings. The molecule has 0 saturated carbocycles. The summed E-state index contributed by atoms with van der Waals surface area (Å²) in [6, 6.07) is 33.9. The molecule has 178 valence electrons. The molecular weight excluding hydrogens is 438 g/mol. The fraction of sp³-hybridized carbons (Fsp3) is 0.167. The molecule has 0 aliphatic carbocycles. The Labute approximate surface area is 206 Å². The van der Waals surface area contributed by atoms with E-state index in [2.05, 4.69) is 41.7 Å². The lowest BCUT2D eigenvalue weighted by Gasteiger charge is -2.10. The van der Waals surface area contributed by atoms with Crippen molar-refractivity contribution in [3.05, 3.63) is 125 Å². The fourth-order valence-electron chi connectivity index (χ4n) is 3.62. The molecule has 0 heterocycles. The first-order valence-corrected chi connectivity index (χ1v) is 11.7. The minimum Gasteiger partial charge on any atom is -0.489 e. The lowest BCUT2D eigenvalue weighted by Crippen LogP contribution is -2.12. The summed E-state index contributed by atoms with van der Waals surface area (Å²) in [5.41, 5.74) is 4.45. The molecular formula is C30H29NO4. The highest BCUT2D eigenvalue weighted by atomic mass is 16.5. The molecule has 4 rings (SSSR count). The highest BCUT2D eigenvalue weighted by Crippen LogP contribution is 2.22. The number of aryl methyl sites for hydroxylation is 1. The van der Waals surface area contributed by atoms with Gasteiger partial charge in [-0.3, -0.25) is 4.79 Å². The number of carbonyl (C=O) groups is 1. The number of nitrogens with one attached hydrogen (secondary N) is 1. The molecule has 35 heavy (non-hydrogen) atoms. The molecule has 0 aromatic heterocycles. The maximum Gasteiger partial charge on any atom is 0.303 e. The Morgan fingerprint density at radius 2 is 1.31 bits per heavy atom. The number of hydrogen-bond donors (Lipinski definition) is 2. The predicted molar refractivity (Wildman–Crippen MR) is 137 cm³/mol. The summed E-state index contributed by atoms with van der Waals surface area (Å²) in [6.07, 6.45) is 0.661. The highest BCUT2D eigenvalue weighted by Gasteiger charge is 2.02. The Balaban J connectivity index is 1.20. The van der Waals surface area contributed by atoms with Crippen LogP contribution >= 0.6 is 0 Å². The lowest BCUT2D eigenvalue weighted by atomic mass is 10.1. The van der Waals surface area contributed by atoms with Crippen LogP contribution in [0.1, 0.15) is 28.7 Å². The molecule has 4 aromatic carbocycles. The van der Waals surface area contributed by atoms with Gasteiger partial charge in [-0.05, 0) is 65.1 Å². The third-order valence-electron chi connectivity index (χ3n) is 5.51. The summed E-state index contributed by atoms with van der Waals surface area (Å²) in [5, 5.41) is 12.3. The molecule has 2 N–H and O–H groups in total. The lowest BCUT2D eigenvalue weighted by molar-refractivity contribution is -0.136. The molecule has 4 aromatic rings. The largest absolute Gasteiger partial charge is 0.489 e. The molecule has 0 atom stereocenters. The van der Waals surface area contributed by atoms with Crippen molar-refractivity contribution in [2.24, 2.45) is 0 Å². The van der Waals surface area contributed by atoms with Crippen molar-refractivity contribution >= 4 is 5.97 Å². The van der Waals surface area contributed by atoms with Crippen LogP contribution in [0.25, 0.3) is 0 Å². The second kappa shape index (κ2) is 12.4. The van der Waals surface area contributed by atoms with Crippen LogP contribution in [0.3, 0.4) is 0 Å². The van der Waals surface area contributed by atoms with Gasteiger partial charge in [0.1, 0.15) is 23.9 Å². The first kappa shape index (κ1) is 24.0. The SMILES string of the molecule is O=C(O)CCc1ccc(OCc2ccc(CNCc3cccc(Oc4ccccc4)c3)cc2)cc1. The topological polar surface area (TPSA) is 67.8 Å². The molecule has 0 aliphatic heterocycles. The number of hydrogen-bond acceptors (Lipinski definition) is 4. The zero-order valence-corrected chi connectivity index (χ0v) is 19.5. The number of benzene rings is 4. The van der Waals surface area contributed by atoms with Gasteiger partial charge in [-0.2, -0.15) is 0 Å². The van der Waals surface area contributed by atoms with Gasteiger partial charge in [-0.15, -0.1) is 0 Å². The maximum atomic E-state index is 10.7. The van der Waals surface area contributed by atoms with E-state index in [0.717, 1.165) is 47.0 Å². The van der Waals surface area contributed by atoms with E-state index in [1.807, 2.05) is 66.7 Å². The normalized spacial score (nSPS) is 10.6. The van der Waals surface area contributed by atoms with Gasteiger partial charge in [0.2, 0.25) is 0 Å². The van der Waals surface area contributed by atoms with Gasteiger partial charge >= 0.3 is 5.97 Å². The Bertz CT molecular complexity index is 1210. The van der Waals surface area contributed by atoms with Crippen molar-refractivity contribution in [2.75, 3.05) is 0 Å². The molecule has 0 radical (unpaired) electrons. The second-order valence-electron chi connectivity index (χ2n) is 8.31. The maximum absolute atomic E-state index is 10.7. The third kappa shape index (κ3) is 8.02. The van der Waals surface area contributed by atoms with Crippen LogP contribution in [-0.2, 0) is 30.9 Å². The van der Waals surface area contributed by atoms with E-state index in [1.165, 1.54) is 5.56 Å². The number of ether oxygens (including phenoxy) is 2. The van der Waals surface area contributed by atoms with Crippen molar-refractivity contribution in [3.63, 3.8) is 0 Å². The quantitative estimate of drug-likeness (QED) is 0.254. The van der Waals surface area contributed by atoms with Crippen LogP contribution in [0.15, 0.2) is 103 Å². The number of carboxylic acid groups (broad SMARTS) is 1. The minimum absolute atomic E-state index is 0.135. The van der Waals surface area contributed by atoms with Gasteiger partial charge in [0.25, 0.3) is 0 Å². The average Bonchev–Trinajstić information content (AvgIpc) is 2.88. The summed E-state index contributed by atoms with van der Waals surface area (Å²) < 4.78 is 11.8. The van der Waals surface area contributed by atoms with E-state index in [0.29, 0.717) is 13.0 Å². The van der Waals surface area contributed by atoms with Gasteiger partial charge < -0.3 is 19.9 Å².